The molecule has 1 saturated heterocycles. The van der Waals surface area contributed by atoms with Crippen LogP contribution in [-0.2, 0) is 9.59 Å². The summed E-state index contributed by atoms with van der Waals surface area (Å²) in [4.78, 5) is 30.8. The summed E-state index contributed by atoms with van der Waals surface area (Å²) in [6.45, 7) is 7.57. The van der Waals surface area contributed by atoms with E-state index in [1.807, 2.05) is 0 Å². The molecule has 38 heavy (non-hydrogen) atoms. The van der Waals surface area contributed by atoms with Gasteiger partial charge >= 0.3 is 0 Å². The fourth-order valence-electron chi connectivity index (χ4n) is 4.81. The van der Waals surface area contributed by atoms with Gasteiger partial charge in [0.2, 0.25) is 0 Å². The number of unbranched alkanes of at least 4 members (excludes halogenated alkanes) is 2. The lowest BCUT2D eigenvalue weighted by Gasteiger charge is -2.28. The summed E-state index contributed by atoms with van der Waals surface area (Å²) < 4.78 is 11.1. The van der Waals surface area contributed by atoms with E-state index in [2.05, 4.69) is 18.7 Å². The first-order valence-corrected chi connectivity index (χ1v) is 13.7. The molecule has 0 bridgehead atoms. The molecule has 1 N–H and O–H groups in total. The first-order valence-electron chi connectivity index (χ1n) is 13.3. The van der Waals surface area contributed by atoms with Crippen LogP contribution in [0.2, 0.25) is 5.02 Å². The number of methoxy groups -OCH3 is 2. The molecule has 2 aromatic rings. The molecule has 3 rings (SSSR count). The zero-order chi connectivity index (χ0) is 27.7. The van der Waals surface area contributed by atoms with Crippen LogP contribution in [0, 0.1) is 0 Å². The second kappa shape index (κ2) is 14.2. The highest BCUT2D eigenvalue weighted by Gasteiger charge is 2.47. The number of hydrogen-bond donors (Lipinski definition) is 1. The number of ether oxygens (including phenoxy) is 2. The van der Waals surface area contributed by atoms with Crippen molar-refractivity contribution < 1.29 is 24.2 Å². The summed E-state index contributed by atoms with van der Waals surface area (Å²) in [5, 5.41) is 11.8. The summed E-state index contributed by atoms with van der Waals surface area (Å²) in [5.74, 6) is -0.546. The summed E-state index contributed by atoms with van der Waals surface area (Å²) >= 11 is 6.03. The normalized spacial score (nSPS) is 16.9. The number of hydrogen-bond acceptors (Lipinski definition) is 6. The second-order valence-electron chi connectivity index (χ2n) is 9.51. The van der Waals surface area contributed by atoms with Gasteiger partial charge in [-0.15, -0.1) is 0 Å². The molecule has 0 saturated carbocycles. The zero-order valence-corrected chi connectivity index (χ0v) is 23.6. The van der Waals surface area contributed by atoms with Gasteiger partial charge in [0, 0.05) is 22.7 Å². The molecule has 0 unspecified atom stereocenters. The van der Waals surface area contributed by atoms with E-state index in [0.29, 0.717) is 40.6 Å². The molecular weight excluding hydrogens is 504 g/mol. The molecule has 2 aromatic carbocycles. The van der Waals surface area contributed by atoms with Crippen LogP contribution in [0.25, 0.3) is 5.76 Å². The average Bonchev–Trinajstić information content (AvgIpc) is 3.18. The summed E-state index contributed by atoms with van der Waals surface area (Å²) in [5.41, 5.74) is 1.01. The second-order valence-corrected chi connectivity index (χ2v) is 9.95. The molecule has 0 radical (unpaired) electrons. The number of aliphatic hydroxyl groups is 1. The molecule has 8 heteroatoms. The maximum absolute atomic E-state index is 13.4. The molecule has 206 valence electrons. The lowest BCUT2D eigenvalue weighted by Crippen LogP contribution is -2.34. The minimum Gasteiger partial charge on any atom is -0.507 e. The van der Waals surface area contributed by atoms with Gasteiger partial charge in [-0.3, -0.25) is 9.59 Å². The minimum absolute atomic E-state index is 0.0256. The van der Waals surface area contributed by atoms with Crippen molar-refractivity contribution in [2.24, 2.45) is 0 Å². The predicted molar refractivity (Wildman–Crippen MR) is 151 cm³/mol. The summed E-state index contributed by atoms with van der Waals surface area (Å²) in [6.07, 6.45) is 5.19. The largest absolute Gasteiger partial charge is 0.507 e. The van der Waals surface area contributed by atoms with Crippen molar-refractivity contribution in [1.82, 2.24) is 9.80 Å². The van der Waals surface area contributed by atoms with Crippen LogP contribution in [-0.4, -0.2) is 67.0 Å². The third-order valence-electron chi connectivity index (χ3n) is 6.92. The van der Waals surface area contributed by atoms with Crippen molar-refractivity contribution in [2.75, 3.05) is 40.4 Å². The van der Waals surface area contributed by atoms with Gasteiger partial charge < -0.3 is 24.4 Å². The highest BCUT2D eigenvalue weighted by molar-refractivity contribution is 6.46. The maximum atomic E-state index is 13.4. The standard InChI is InChI=1S/C30H39ClN2O5/c1-5-7-16-32(17-8-6-2)18-9-19-33-27(24-20-23(37-3)14-15-25(24)38-4)26(29(35)30(33)36)28(34)21-10-12-22(31)13-11-21/h10-15,20,27,34H,5-9,16-19H2,1-4H3/t27-/m1/s1. The highest BCUT2D eigenvalue weighted by atomic mass is 35.5. The zero-order valence-electron chi connectivity index (χ0n) is 22.8. The number of rotatable bonds is 14. The Labute approximate surface area is 231 Å². The number of aliphatic hydroxyl groups excluding tert-OH is 1. The Morgan fingerprint density at radius 1 is 0.947 bits per heavy atom. The topological polar surface area (TPSA) is 79.3 Å². The number of ketones is 1. The van der Waals surface area contributed by atoms with Crippen LogP contribution in [0.4, 0.5) is 0 Å². The van der Waals surface area contributed by atoms with Crippen LogP contribution < -0.4 is 9.47 Å². The van der Waals surface area contributed by atoms with Crippen molar-refractivity contribution in [2.45, 2.75) is 52.0 Å². The SMILES string of the molecule is CCCCN(CCCC)CCCN1C(=O)C(=O)C(=C(O)c2ccc(Cl)cc2)[C@H]1c1cc(OC)ccc1OC. The Kier molecular flexibility index (Phi) is 11.0. The van der Waals surface area contributed by atoms with Crippen LogP contribution in [0.5, 0.6) is 11.5 Å². The molecule has 1 fully saturated rings. The Bertz CT molecular complexity index is 1120. The average molecular weight is 543 g/mol. The van der Waals surface area contributed by atoms with Crippen molar-refractivity contribution in [3.63, 3.8) is 0 Å². The quantitative estimate of drug-likeness (QED) is 0.177. The summed E-state index contributed by atoms with van der Waals surface area (Å²) in [6, 6.07) is 11.0. The van der Waals surface area contributed by atoms with Gasteiger partial charge in [0.15, 0.2) is 0 Å². The summed E-state index contributed by atoms with van der Waals surface area (Å²) in [7, 11) is 3.09. The predicted octanol–water partition coefficient (Wildman–Crippen LogP) is 6.07. The number of benzene rings is 2. The molecule has 1 amide bonds. The molecule has 0 aromatic heterocycles. The molecule has 1 atom stereocenters. The number of carbonyl (C=O) groups is 2. The van der Waals surface area contributed by atoms with Crippen molar-refractivity contribution in [3.8, 4) is 11.5 Å². The van der Waals surface area contributed by atoms with Crippen molar-refractivity contribution >= 4 is 29.1 Å². The van der Waals surface area contributed by atoms with Crippen LogP contribution >= 0.6 is 11.6 Å². The van der Waals surface area contributed by atoms with Gasteiger partial charge in [-0.2, -0.15) is 0 Å². The van der Waals surface area contributed by atoms with Gasteiger partial charge in [-0.25, -0.2) is 0 Å². The van der Waals surface area contributed by atoms with Gasteiger partial charge in [-0.1, -0.05) is 38.3 Å². The molecular formula is C30H39ClN2O5. The van der Waals surface area contributed by atoms with Crippen LogP contribution in [0.3, 0.4) is 0 Å². The third kappa shape index (κ3) is 6.88. The van der Waals surface area contributed by atoms with Gasteiger partial charge in [0.25, 0.3) is 11.7 Å². The number of likely N-dealkylation sites (tertiary alicyclic amines) is 1. The van der Waals surface area contributed by atoms with E-state index in [-0.39, 0.29) is 11.3 Å². The first kappa shape index (κ1) is 29.5. The van der Waals surface area contributed by atoms with Crippen LogP contribution in [0.15, 0.2) is 48.0 Å². The number of amides is 1. The number of halogens is 1. The van der Waals surface area contributed by atoms with E-state index in [9.17, 15) is 14.7 Å². The van der Waals surface area contributed by atoms with E-state index < -0.39 is 17.7 Å². The van der Waals surface area contributed by atoms with Crippen LogP contribution in [0.1, 0.15) is 63.1 Å². The van der Waals surface area contributed by atoms with E-state index in [4.69, 9.17) is 21.1 Å². The van der Waals surface area contributed by atoms with Gasteiger partial charge in [0.1, 0.15) is 17.3 Å². The Morgan fingerprint density at radius 2 is 1.58 bits per heavy atom. The van der Waals surface area contributed by atoms with E-state index in [1.165, 1.54) is 7.11 Å². The molecule has 1 aliphatic rings. The third-order valence-corrected chi connectivity index (χ3v) is 7.17. The molecule has 0 spiro atoms. The van der Waals surface area contributed by atoms with Crippen molar-refractivity contribution in [3.05, 3.63) is 64.2 Å². The number of nitrogens with zero attached hydrogens (tertiary/aromatic N) is 2. The van der Waals surface area contributed by atoms with Gasteiger partial charge in [-0.05, 0) is 81.4 Å². The Hall–Kier alpha value is -3.03. The van der Waals surface area contributed by atoms with E-state index in [1.54, 1.807) is 54.5 Å². The Balaban J connectivity index is 2.02. The molecule has 1 aliphatic heterocycles. The fourth-order valence-corrected chi connectivity index (χ4v) is 4.94. The molecule has 7 nitrogen and oxygen atoms in total. The Morgan fingerprint density at radius 3 is 2.16 bits per heavy atom. The lowest BCUT2D eigenvalue weighted by atomic mass is 9.94. The minimum atomic E-state index is -0.824. The molecule has 1 heterocycles. The van der Waals surface area contributed by atoms with Crippen molar-refractivity contribution in [1.29, 1.82) is 0 Å². The number of Topliss-reactive ketones (excluding diaryl/α,β-unsaturated/α-hetero) is 1. The van der Waals surface area contributed by atoms with E-state index in [0.717, 1.165) is 45.3 Å². The van der Waals surface area contributed by atoms with Gasteiger partial charge in [0.05, 0.1) is 25.8 Å². The lowest BCUT2D eigenvalue weighted by molar-refractivity contribution is -0.140. The molecule has 0 aliphatic carbocycles. The monoisotopic (exact) mass is 542 g/mol. The van der Waals surface area contributed by atoms with E-state index >= 15 is 0 Å². The first-order chi connectivity index (χ1) is 18.4. The number of carbonyl (C=O) groups excluding carboxylic acids is 2. The maximum Gasteiger partial charge on any atom is 0.295 e. The smallest absolute Gasteiger partial charge is 0.295 e. The highest BCUT2D eigenvalue weighted by Crippen LogP contribution is 2.44. The fraction of sp³-hybridized carbons (Fsp3) is 0.467.